The van der Waals surface area contributed by atoms with E-state index in [1.807, 2.05) is 0 Å². The fourth-order valence-electron chi connectivity index (χ4n) is 9.74. The summed E-state index contributed by atoms with van der Waals surface area (Å²) in [6.07, 6.45) is -10.6. The molecule has 1 aromatic carbocycles. The van der Waals surface area contributed by atoms with Gasteiger partial charge < -0.3 is 47.7 Å². The molecule has 19 nitrogen and oxygen atoms in total. The van der Waals surface area contributed by atoms with E-state index >= 15 is 0 Å². The lowest BCUT2D eigenvalue weighted by Crippen LogP contribution is -2.89. The van der Waals surface area contributed by atoms with E-state index in [9.17, 15) is 43.5 Å². The number of carbonyl (C=O) groups is 8. The Morgan fingerprint density at radius 3 is 1.97 bits per heavy atom. The average Bonchev–Trinajstić information content (AvgIpc) is 3.42. The van der Waals surface area contributed by atoms with E-state index in [1.54, 1.807) is 18.2 Å². The van der Waals surface area contributed by atoms with Crippen LogP contribution in [0, 0.1) is 17.3 Å². The van der Waals surface area contributed by atoms with Crippen LogP contribution in [0.15, 0.2) is 48.7 Å². The number of carbonyl (C=O) groups excluding carboxylic acids is 8. The minimum absolute atomic E-state index is 0.0202. The van der Waals surface area contributed by atoms with Crippen molar-refractivity contribution in [2.75, 3.05) is 13.2 Å². The summed E-state index contributed by atoms with van der Waals surface area (Å²) in [5.41, 5.74) is -10.1. The molecule has 2 aliphatic heterocycles. The van der Waals surface area contributed by atoms with Crippen molar-refractivity contribution in [1.29, 1.82) is 0 Å². The molecule has 334 valence electrons. The highest BCUT2D eigenvalue weighted by Gasteiger charge is 2.92. The molecule has 19 heteroatoms. The highest BCUT2D eigenvalue weighted by molar-refractivity contribution is 5.91. The van der Waals surface area contributed by atoms with Gasteiger partial charge in [0.25, 0.3) is 0 Å². The molecule has 1 saturated heterocycles. The highest BCUT2D eigenvalue weighted by Crippen LogP contribution is 2.70. The zero-order valence-corrected chi connectivity index (χ0v) is 35.4. The van der Waals surface area contributed by atoms with Gasteiger partial charge in [-0.25, -0.2) is 9.59 Å². The number of pyridine rings is 1. The quantitative estimate of drug-likeness (QED) is 0.295. The van der Waals surface area contributed by atoms with Crippen LogP contribution in [0.2, 0.25) is 0 Å². The smallest absolute Gasteiger partial charge is 0.340 e. The maximum Gasteiger partial charge on any atom is 0.340 e. The third-order valence-electron chi connectivity index (χ3n) is 12.1. The summed E-state index contributed by atoms with van der Waals surface area (Å²) in [7, 11) is 0. The van der Waals surface area contributed by atoms with Crippen LogP contribution in [0.1, 0.15) is 88.2 Å². The van der Waals surface area contributed by atoms with Gasteiger partial charge in [-0.05, 0) is 51.0 Å². The van der Waals surface area contributed by atoms with Crippen LogP contribution in [0.5, 0.6) is 0 Å². The first-order valence-electron chi connectivity index (χ1n) is 19.9. The van der Waals surface area contributed by atoms with Gasteiger partial charge in [-0.2, -0.15) is 0 Å². The van der Waals surface area contributed by atoms with Crippen molar-refractivity contribution in [3.63, 3.8) is 0 Å². The molecule has 0 radical (unpaired) electrons. The lowest BCUT2D eigenvalue weighted by molar-refractivity contribution is -0.386. The Kier molecular flexibility index (Phi) is 12.6. The van der Waals surface area contributed by atoms with Crippen LogP contribution in [0.3, 0.4) is 0 Å². The normalized spacial score (nSPS) is 35.0. The molecular formula is C43H49NO18. The summed E-state index contributed by atoms with van der Waals surface area (Å²) < 4.78 is 55.3. The van der Waals surface area contributed by atoms with Gasteiger partial charge in [0.2, 0.25) is 0 Å². The van der Waals surface area contributed by atoms with Crippen molar-refractivity contribution >= 4 is 47.8 Å². The number of aliphatic hydroxyl groups is 1. The molecule has 3 heterocycles. The van der Waals surface area contributed by atoms with Gasteiger partial charge in [0.1, 0.15) is 42.0 Å². The van der Waals surface area contributed by atoms with E-state index in [0.29, 0.717) is 0 Å². The first kappa shape index (κ1) is 45.6. The van der Waals surface area contributed by atoms with Gasteiger partial charge in [0.05, 0.1) is 28.7 Å². The second-order valence-corrected chi connectivity index (χ2v) is 16.4. The van der Waals surface area contributed by atoms with Gasteiger partial charge in [-0.3, -0.25) is 33.8 Å². The van der Waals surface area contributed by atoms with Crippen molar-refractivity contribution < 1.29 is 86.1 Å². The van der Waals surface area contributed by atoms with Gasteiger partial charge in [-0.15, -0.1) is 0 Å². The fourth-order valence-corrected chi connectivity index (χ4v) is 9.74. The first-order valence-corrected chi connectivity index (χ1v) is 19.9. The summed E-state index contributed by atoms with van der Waals surface area (Å²) in [6.45, 7) is 7.12. The minimum Gasteiger partial charge on any atom is -0.465 e. The Labute approximate surface area is 355 Å². The maximum absolute atomic E-state index is 14.4. The van der Waals surface area contributed by atoms with Crippen molar-refractivity contribution in [2.45, 2.75) is 122 Å². The Bertz CT molecular complexity index is 2140. The molecule has 2 aliphatic carbocycles. The molecule has 4 aliphatic rings. The van der Waals surface area contributed by atoms with E-state index < -0.39 is 132 Å². The SMILES string of the molecule is CC(=O)OC[C@]12[C@H](OC(C)=O)[C@H](OC(C)=O)C3[C@@H](OC(=O)c4ccccc4)C14O[C@@]3(C)COC(=O)c1cccnc1CCC(C)C(=O)O[C@@H]([C@H](OC(C)=O)[C@@H]2OC(C)=O)[C@@]4(C)O. The number of fused-ring (bicyclic) bond motifs is 5. The van der Waals surface area contributed by atoms with Gasteiger partial charge >= 0.3 is 47.8 Å². The van der Waals surface area contributed by atoms with Crippen LogP contribution in [0.4, 0.5) is 0 Å². The molecule has 62 heavy (non-hydrogen) atoms. The monoisotopic (exact) mass is 867 g/mol. The van der Waals surface area contributed by atoms with Crippen LogP contribution in [-0.4, -0.2) is 124 Å². The van der Waals surface area contributed by atoms with Crippen LogP contribution >= 0.6 is 0 Å². The number of hydrogen-bond acceptors (Lipinski definition) is 19. The molecule has 1 aromatic heterocycles. The molecule has 3 unspecified atom stereocenters. The van der Waals surface area contributed by atoms with Crippen molar-refractivity contribution in [2.24, 2.45) is 17.3 Å². The summed E-state index contributed by atoms with van der Waals surface area (Å²) in [5, 5.41) is 13.6. The van der Waals surface area contributed by atoms with E-state index in [4.69, 9.17) is 42.6 Å². The Morgan fingerprint density at radius 2 is 1.37 bits per heavy atom. The van der Waals surface area contributed by atoms with Gasteiger partial charge in [0.15, 0.2) is 30.0 Å². The molecule has 12 atom stereocenters. The number of rotatable bonds is 8. The second kappa shape index (κ2) is 17.1. The topological polar surface area (TPSA) is 253 Å². The molecule has 1 N–H and O–H groups in total. The number of ether oxygens (including phenoxy) is 9. The molecule has 1 spiro atoms. The minimum atomic E-state index is -2.86. The van der Waals surface area contributed by atoms with Crippen LogP contribution < -0.4 is 0 Å². The van der Waals surface area contributed by atoms with Crippen molar-refractivity contribution in [3.8, 4) is 0 Å². The molecule has 4 bridgehead atoms. The Balaban J connectivity index is 1.79. The molecule has 3 fully saturated rings. The second-order valence-electron chi connectivity index (χ2n) is 16.4. The first-order chi connectivity index (χ1) is 29.1. The summed E-state index contributed by atoms with van der Waals surface area (Å²) in [6, 6.07) is 10.5. The van der Waals surface area contributed by atoms with E-state index in [-0.39, 0.29) is 29.7 Å². The lowest BCUT2D eigenvalue weighted by atomic mass is 9.45. The van der Waals surface area contributed by atoms with E-state index in [0.717, 1.165) is 41.5 Å². The number of hydrogen-bond donors (Lipinski definition) is 1. The van der Waals surface area contributed by atoms with Crippen molar-refractivity contribution in [3.05, 3.63) is 65.5 Å². The molecule has 2 aromatic rings. The van der Waals surface area contributed by atoms with Gasteiger partial charge in [-0.1, -0.05) is 25.1 Å². The zero-order chi connectivity index (χ0) is 45.5. The lowest BCUT2D eigenvalue weighted by Gasteiger charge is -2.67. The molecule has 6 rings (SSSR count). The average molecular weight is 868 g/mol. The number of aryl methyl sites for hydroxylation is 1. The number of nitrogens with zero attached hydrogens (tertiary/aromatic N) is 1. The number of aromatic nitrogens is 1. The van der Waals surface area contributed by atoms with Gasteiger partial charge in [0, 0.05) is 40.8 Å². The number of esters is 8. The Morgan fingerprint density at radius 1 is 0.774 bits per heavy atom. The maximum atomic E-state index is 14.4. The number of benzene rings is 1. The standard InChI is InChI=1S/C43H49NO18/c1-21-16-17-29-28(15-12-18-44-29)39(52)55-19-40(7)30-31(56-23(3)46)35(58-25(5)48)42(20-54-22(2)45)36(59-26(6)49)32(57-24(4)47)34(61-37(21)50)41(8,53)43(42,62-40)33(30)60-38(51)27-13-10-9-11-14-27/h9-15,18,21,30-36,53H,16-17,19-20H2,1-8H3/t21?,30?,31-,32+,33-,34+,35-,36+,40+,41-,42-,43?/m1/s1. The van der Waals surface area contributed by atoms with Crippen LogP contribution in [-0.2, 0) is 77.8 Å². The zero-order valence-electron chi connectivity index (χ0n) is 35.4. The largest absolute Gasteiger partial charge is 0.465 e. The Hall–Kier alpha value is -5.95. The van der Waals surface area contributed by atoms with Crippen LogP contribution in [0.25, 0.3) is 0 Å². The third kappa shape index (κ3) is 7.76. The van der Waals surface area contributed by atoms with Crippen molar-refractivity contribution in [1.82, 2.24) is 4.98 Å². The molecular weight excluding hydrogens is 818 g/mol. The fraction of sp³-hybridized carbons (Fsp3) is 0.558. The predicted octanol–water partition coefficient (Wildman–Crippen LogP) is 2.16. The third-order valence-corrected chi connectivity index (χ3v) is 12.1. The summed E-state index contributed by atoms with van der Waals surface area (Å²) in [5.74, 6) is -10.7. The van der Waals surface area contributed by atoms with E-state index in [2.05, 4.69) is 4.98 Å². The molecule has 0 amide bonds. The number of cyclic esters (lactones) is 1. The predicted molar refractivity (Wildman–Crippen MR) is 205 cm³/mol. The molecule has 2 saturated carbocycles. The highest BCUT2D eigenvalue weighted by atomic mass is 16.7. The van der Waals surface area contributed by atoms with E-state index in [1.165, 1.54) is 44.3 Å². The summed E-state index contributed by atoms with van der Waals surface area (Å²) in [4.78, 5) is 113. The summed E-state index contributed by atoms with van der Waals surface area (Å²) >= 11 is 0.